The third-order valence-electron chi connectivity index (χ3n) is 5.21. The molecule has 0 saturated carbocycles. The molecule has 0 aliphatic carbocycles. The number of benzene rings is 2. The Balaban J connectivity index is 1.53. The summed E-state index contributed by atoms with van der Waals surface area (Å²) in [4.78, 5) is 20.1. The standard InChI is InChI=1S/C23H23Cl2N3O2/c24-16-6-7-18(20(25)14-16)22-15-19(17-4-1-2-5-21(17)27-22)23(29)26-8-3-9-28-10-12-30-13-11-28/h1-2,4-7,14-15H,3,8-13H2,(H,26,29). The van der Waals surface area contributed by atoms with E-state index in [1.165, 1.54) is 0 Å². The van der Waals surface area contributed by atoms with Crippen LogP contribution in [-0.4, -0.2) is 55.2 Å². The van der Waals surface area contributed by atoms with E-state index in [-0.39, 0.29) is 5.91 Å². The fraction of sp³-hybridized carbons (Fsp3) is 0.304. The molecule has 5 nitrogen and oxygen atoms in total. The van der Waals surface area contributed by atoms with Gasteiger partial charge in [0.25, 0.3) is 5.91 Å². The molecule has 0 radical (unpaired) electrons. The van der Waals surface area contributed by atoms with Crippen molar-refractivity contribution in [1.29, 1.82) is 0 Å². The normalized spacial score (nSPS) is 14.7. The van der Waals surface area contributed by atoms with Crippen molar-refractivity contribution in [3.8, 4) is 11.3 Å². The van der Waals surface area contributed by atoms with Crippen LogP contribution in [0.1, 0.15) is 16.8 Å². The van der Waals surface area contributed by atoms with Crippen molar-refractivity contribution >= 4 is 40.0 Å². The summed E-state index contributed by atoms with van der Waals surface area (Å²) in [6.07, 6.45) is 0.893. The first-order chi connectivity index (χ1) is 14.6. The van der Waals surface area contributed by atoms with Crippen molar-refractivity contribution in [2.75, 3.05) is 39.4 Å². The lowest BCUT2D eigenvalue weighted by molar-refractivity contribution is 0.0374. The van der Waals surface area contributed by atoms with Gasteiger partial charge in [0.2, 0.25) is 0 Å². The Morgan fingerprint density at radius 3 is 2.70 bits per heavy atom. The van der Waals surface area contributed by atoms with Crippen LogP contribution in [0.3, 0.4) is 0 Å². The van der Waals surface area contributed by atoms with E-state index in [0.717, 1.165) is 55.7 Å². The predicted molar refractivity (Wildman–Crippen MR) is 121 cm³/mol. The molecule has 2 heterocycles. The third-order valence-corrected chi connectivity index (χ3v) is 5.76. The van der Waals surface area contributed by atoms with E-state index >= 15 is 0 Å². The van der Waals surface area contributed by atoms with Crippen LogP contribution in [0.2, 0.25) is 10.0 Å². The van der Waals surface area contributed by atoms with Gasteiger partial charge in [0.15, 0.2) is 0 Å². The summed E-state index contributed by atoms with van der Waals surface area (Å²) in [6, 6.07) is 14.7. The molecule has 1 saturated heterocycles. The smallest absolute Gasteiger partial charge is 0.252 e. The number of carbonyl (C=O) groups excluding carboxylic acids is 1. The lowest BCUT2D eigenvalue weighted by Crippen LogP contribution is -2.38. The summed E-state index contributed by atoms with van der Waals surface area (Å²) in [5, 5.41) is 4.93. The number of halogens is 2. The van der Waals surface area contributed by atoms with E-state index < -0.39 is 0 Å². The maximum absolute atomic E-state index is 13.0. The van der Waals surface area contributed by atoms with Crippen molar-refractivity contribution in [3.05, 3.63) is 64.1 Å². The quantitative estimate of drug-likeness (QED) is 0.562. The Morgan fingerprint density at radius 1 is 1.10 bits per heavy atom. The first kappa shape index (κ1) is 21.1. The number of morpholine rings is 1. The number of fused-ring (bicyclic) bond motifs is 1. The second-order valence-electron chi connectivity index (χ2n) is 7.26. The molecule has 3 aromatic rings. The van der Waals surface area contributed by atoms with E-state index in [1.807, 2.05) is 30.3 Å². The topological polar surface area (TPSA) is 54.5 Å². The zero-order chi connectivity index (χ0) is 20.9. The molecule has 1 aromatic heterocycles. The van der Waals surface area contributed by atoms with E-state index in [1.54, 1.807) is 18.2 Å². The van der Waals surface area contributed by atoms with Gasteiger partial charge in [0, 0.05) is 35.6 Å². The van der Waals surface area contributed by atoms with Gasteiger partial charge in [-0.05, 0) is 43.3 Å². The molecule has 1 amide bonds. The Morgan fingerprint density at radius 2 is 1.90 bits per heavy atom. The Hall–Kier alpha value is -2.18. The van der Waals surface area contributed by atoms with E-state index in [4.69, 9.17) is 32.9 Å². The number of carbonyl (C=O) groups is 1. The molecule has 1 aliphatic rings. The minimum absolute atomic E-state index is 0.109. The zero-order valence-electron chi connectivity index (χ0n) is 16.5. The number of aromatic nitrogens is 1. The summed E-state index contributed by atoms with van der Waals surface area (Å²) < 4.78 is 5.37. The second-order valence-corrected chi connectivity index (χ2v) is 8.10. The average Bonchev–Trinajstić information content (AvgIpc) is 2.76. The molecule has 0 atom stereocenters. The summed E-state index contributed by atoms with van der Waals surface area (Å²) in [6.45, 7) is 5.04. The van der Waals surface area contributed by atoms with Gasteiger partial charge in [0.1, 0.15) is 0 Å². The highest BCUT2D eigenvalue weighted by molar-refractivity contribution is 6.36. The van der Waals surface area contributed by atoms with Crippen molar-refractivity contribution in [3.63, 3.8) is 0 Å². The zero-order valence-corrected chi connectivity index (χ0v) is 18.0. The van der Waals surface area contributed by atoms with Crippen LogP contribution in [0.5, 0.6) is 0 Å². The van der Waals surface area contributed by atoms with Crippen molar-refractivity contribution in [2.45, 2.75) is 6.42 Å². The number of pyridine rings is 1. The highest BCUT2D eigenvalue weighted by atomic mass is 35.5. The second kappa shape index (κ2) is 9.75. The number of hydrogen-bond acceptors (Lipinski definition) is 4. The summed E-state index contributed by atoms with van der Waals surface area (Å²) in [7, 11) is 0. The van der Waals surface area contributed by atoms with Gasteiger partial charge in [0.05, 0.1) is 35.0 Å². The largest absolute Gasteiger partial charge is 0.379 e. The lowest BCUT2D eigenvalue weighted by Gasteiger charge is -2.26. The van der Waals surface area contributed by atoms with Crippen LogP contribution in [-0.2, 0) is 4.74 Å². The number of nitrogens with one attached hydrogen (secondary N) is 1. The van der Waals surface area contributed by atoms with Crippen LogP contribution in [0, 0.1) is 0 Å². The highest BCUT2D eigenvalue weighted by Gasteiger charge is 2.16. The van der Waals surface area contributed by atoms with Crippen LogP contribution in [0.25, 0.3) is 22.2 Å². The summed E-state index contributed by atoms with van der Waals surface area (Å²) in [5.41, 5.74) is 2.73. The van der Waals surface area contributed by atoms with Crippen molar-refractivity contribution in [2.24, 2.45) is 0 Å². The fourth-order valence-electron chi connectivity index (χ4n) is 3.62. The van der Waals surface area contributed by atoms with Gasteiger partial charge in [-0.1, -0.05) is 41.4 Å². The van der Waals surface area contributed by atoms with Gasteiger partial charge in [-0.25, -0.2) is 4.98 Å². The number of nitrogens with zero attached hydrogens (tertiary/aromatic N) is 2. The highest BCUT2D eigenvalue weighted by Crippen LogP contribution is 2.31. The molecule has 4 rings (SSSR count). The molecule has 2 aromatic carbocycles. The molecular formula is C23H23Cl2N3O2. The van der Waals surface area contributed by atoms with Crippen molar-refractivity contribution < 1.29 is 9.53 Å². The monoisotopic (exact) mass is 443 g/mol. The lowest BCUT2D eigenvalue weighted by atomic mass is 10.0. The van der Waals surface area contributed by atoms with E-state index in [9.17, 15) is 4.79 Å². The molecule has 7 heteroatoms. The Kier molecular flexibility index (Phi) is 6.85. The number of rotatable bonds is 6. The van der Waals surface area contributed by atoms with Crippen molar-refractivity contribution in [1.82, 2.24) is 15.2 Å². The molecule has 30 heavy (non-hydrogen) atoms. The number of para-hydroxylation sites is 1. The molecule has 1 fully saturated rings. The number of ether oxygens (including phenoxy) is 1. The summed E-state index contributed by atoms with van der Waals surface area (Å²) in [5.74, 6) is -0.109. The van der Waals surface area contributed by atoms with Gasteiger partial charge >= 0.3 is 0 Å². The van der Waals surface area contributed by atoms with Gasteiger partial charge in [-0.2, -0.15) is 0 Å². The van der Waals surface area contributed by atoms with Crippen LogP contribution < -0.4 is 5.32 Å². The SMILES string of the molecule is O=C(NCCCN1CCOCC1)c1cc(-c2ccc(Cl)cc2Cl)nc2ccccc12. The molecular weight excluding hydrogens is 421 g/mol. The average molecular weight is 444 g/mol. The third kappa shape index (κ3) is 4.93. The summed E-state index contributed by atoms with van der Waals surface area (Å²) >= 11 is 12.4. The molecule has 1 N–H and O–H groups in total. The van der Waals surface area contributed by atoms with E-state index in [2.05, 4.69) is 10.2 Å². The van der Waals surface area contributed by atoms with Crippen LogP contribution in [0.15, 0.2) is 48.5 Å². The number of hydrogen-bond donors (Lipinski definition) is 1. The van der Waals surface area contributed by atoms with E-state index in [0.29, 0.717) is 27.8 Å². The first-order valence-corrected chi connectivity index (χ1v) is 10.8. The van der Waals surface area contributed by atoms with Crippen LogP contribution >= 0.6 is 23.2 Å². The minimum atomic E-state index is -0.109. The molecule has 0 spiro atoms. The van der Waals surface area contributed by atoms with Crippen LogP contribution in [0.4, 0.5) is 0 Å². The Bertz CT molecular complexity index is 1050. The van der Waals surface area contributed by atoms with Gasteiger partial charge < -0.3 is 10.1 Å². The van der Waals surface area contributed by atoms with Gasteiger partial charge in [-0.3, -0.25) is 9.69 Å². The molecule has 1 aliphatic heterocycles. The molecule has 0 unspecified atom stereocenters. The minimum Gasteiger partial charge on any atom is -0.379 e. The predicted octanol–water partition coefficient (Wildman–Crippen LogP) is 4.66. The number of amides is 1. The Labute approximate surface area is 185 Å². The fourth-order valence-corrected chi connectivity index (χ4v) is 4.13. The maximum Gasteiger partial charge on any atom is 0.252 e. The molecule has 0 bridgehead atoms. The maximum atomic E-state index is 13.0. The first-order valence-electron chi connectivity index (χ1n) is 10.1. The molecule has 156 valence electrons. The van der Waals surface area contributed by atoms with Gasteiger partial charge in [-0.15, -0.1) is 0 Å².